The summed E-state index contributed by atoms with van der Waals surface area (Å²) in [4.78, 5) is 6.42. The molecule has 0 amide bonds. The largest absolute Gasteiger partial charge is 0.379 e. The molecule has 1 aliphatic rings. The van der Waals surface area contributed by atoms with Gasteiger partial charge in [0.1, 0.15) is 0 Å². The third kappa shape index (κ3) is 2.60. The lowest BCUT2D eigenvalue weighted by atomic mass is 9.92. The molecule has 0 bridgehead atoms. The molecule has 3 rings (SSSR count). The Labute approximate surface area is 132 Å². The predicted molar refractivity (Wildman–Crippen MR) is 88.7 cm³/mol. The van der Waals surface area contributed by atoms with Crippen LogP contribution in [0.2, 0.25) is 0 Å². The van der Waals surface area contributed by atoms with Gasteiger partial charge in [0.05, 0.1) is 26.7 Å². The Balaban J connectivity index is 2.04. The van der Waals surface area contributed by atoms with Crippen molar-refractivity contribution in [3.8, 4) is 10.6 Å². The Hall–Kier alpha value is -1.90. The van der Waals surface area contributed by atoms with E-state index in [-0.39, 0.29) is 0 Å². The number of thiophene rings is 1. The monoisotopic (exact) mass is 320 g/mol. The van der Waals surface area contributed by atoms with Crippen LogP contribution < -0.4 is 16.8 Å². The molecule has 0 radical (unpaired) electrons. The maximum absolute atomic E-state index is 6.59. The summed E-state index contributed by atoms with van der Waals surface area (Å²) in [6.07, 6.45) is 2.24. The van der Waals surface area contributed by atoms with Gasteiger partial charge in [-0.05, 0) is 26.0 Å². The number of nitrogens with zero attached hydrogens (tertiary/aromatic N) is 2. The van der Waals surface area contributed by atoms with Crippen molar-refractivity contribution in [2.75, 3.05) is 12.4 Å². The van der Waals surface area contributed by atoms with Crippen LogP contribution in [0.3, 0.4) is 0 Å². The van der Waals surface area contributed by atoms with Gasteiger partial charge in [-0.1, -0.05) is 0 Å². The minimum Gasteiger partial charge on any atom is -0.379 e. The summed E-state index contributed by atoms with van der Waals surface area (Å²) in [7, 11) is 1.67. The van der Waals surface area contributed by atoms with Crippen LogP contribution in [0.15, 0.2) is 23.3 Å². The van der Waals surface area contributed by atoms with E-state index in [1.54, 1.807) is 24.6 Å². The lowest BCUT2D eigenvalue weighted by Crippen LogP contribution is -2.47. The van der Waals surface area contributed by atoms with E-state index in [0.29, 0.717) is 12.4 Å². The minimum absolute atomic E-state index is 0.316. The molecule has 22 heavy (non-hydrogen) atoms. The van der Waals surface area contributed by atoms with Crippen LogP contribution in [0.1, 0.15) is 25.1 Å². The van der Waals surface area contributed by atoms with E-state index >= 15 is 0 Å². The van der Waals surface area contributed by atoms with E-state index in [0.717, 1.165) is 21.1 Å². The van der Waals surface area contributed by atoms with Crippen molar-refractivity contribution in [3.05, 3.63) is 23.2 Å². The third-order valence-corrected chi connectivity index (χ3v) is 5.06. The molecule has 6 N–H and O–H groups in total. The third-order valence-electron chi connectivity index (χ3n) is 3.72. The molecular formula is C14H20N6OS. The number of methoxy groups -OCH3 is 1. The van der Waals surface area contributed by atoms with Crippen molar-refractivity contribution in [1.29, 1.82) is 0 Å². The summed E-state index contributed by atoms with van der Waals surface area (Å²) in [5.41, 5.74) is 13.0. The number of aliphatic imine (C=N–C) groups is 1. The van der Waals surface area contributed by atoms with Crippen LogP contribution in [0.25, 0.3) is 10.6 Å². The fourth-order valence-electron chi connectivity index (χ4n) is 2.60. The van der Waals surface area contributed by atoms with E-state index in [9.17, 15) is 0 Å². The zero-order valence-corrected chi connectivity index (χ0v) is 13.6. The molecule has 0 aromatic carbocycles. The summed E-state index contributed by atoms with van der Waals surface area (Å²) in [6.45, 7) is 3.97. The highest BCUT2D eigenvalue weighted by Gasteiger charge is 2.40. The SMILES string of the molecule is COC(C)(C)CC1(N)N=C(N)Nc2cc(-c3ccn[nH]3)sc21. The van der Waals surface area contributed by atoms with Gasteiger partial charge < -0.3 is 21.5 Å². The first-order valence-electron chi connectivity index (χ1n) is 6.93. The van der Waals surface area contributed by atoms with Crippen molar-refractivity contribution in [3.63, 3.8) is 0 Å². The highest BCUT2D eigenvalue weighted by atomic mass is 32.1. The van der Waals surface area contributed by atoms with E-state index in [1.165, 1.54) is 0 Å². The summed E-state index contributed by atoms with van der Waals surface area (Å²) in [5, 5.41) is 10.0. The Morgan fingerprint density at radius 2 is 2.23 bits per heavy atom. The van der Waals surface area contributed by atoms with E-state index in [1.807, 2.05) is 26.0 Å². The number of aromatic amines is 1. The number of nitrogens with two attached hydrogens (primary N) is 2. The second kappa shape index (κ2) is 5.08. The average molecular weight is 320 g/mol. The molecule has 0 aliphatic carbocycles. The van der Waals surface area contributed by atoms with Crippen LogP contribution in [0, 0.1) is 0 Å². The maximum atomic E-state index is 6.59. The molecule has 1 unspecified atom stereocenters. The van der Waals surface area contributed by atoms with Crippen LogP contribution >= 0.6 is 11.3 Å². The number of ether oxygens (including phenoxy) is 1. The molecule has 0 saturated heterocycles. The lowest BCUT2D eigenvalue weighted by molar-refractivity contribution is -0.00234. The second-order valence-electron chi connectivity index (χ2n) is 6.01. The quantitative estimate of drug-likeness (QED) is 0.686. The number of fused-ring (bicyclic) bond motifs is 1. The van der Waals surface area contributed by atoms with Crippen LogP contribution in [0.4, 0.5) is 5.69 Å². The van der Waals surface area contributed by atoms with Gasteiger partial charge in [0.25, 0.3) is 0 Å². The Kier molecular flexibility index (Phi) is 3.47. The number of H-pyrrole nitrogens is 1. The minimum atomic E-state index is -0.910. The van der Waals surface area contributed by atoms with Crippen molar-refractivity contribution >= 4 is 23.0 Å². The highest BCUT2D eigenvalue weighted by Crippen LogP contribution is 2.45. The zero-order valence-electron chi connectivity index (χ0n) is 12.8. The van der Waals surface area contributed by atoms with E-state index in [2.05, 4.69) is 20.5 Å². The van der Waals surface area contributed by atoms with Gasteiger partial charge >= 0.3 is 0 Å². The molecule has 2 aromatic heterocycles. The highest BCUT2D eigenvalue weighted by molar-refractivity contribution is 7.16. The van der Waals surface area contributed by atoms with Crippen LogP contribution in [-0.4, -0.2) is 28.9 Å². The molecule has 2 aromatic rings. The molecule has 3 heterocycles. The van der Waals surface area contributed by atoms with Crippen molar-refractivity contribution in [2.24, 2.45) is 16.5 Å². The summed E-state index contributed by atoms with van der Waals surface area (Å²) >= 11 is 1.58. The summed E-state index contributed by atoms with van der Waals surface area (Å²) in [5.74, 6) is 0.316. The van der Waals surface area contributed by atoms with Gasteiger partial charge in [-0.3, -0.25) is 5.10 Å². The molecule has 118 valence electrons. The number of hydrogen-bond donors (Lipinski definition) is 4. The first-order valence-corrected chi connectivity index (χ1v) is 7.75. The molecule has 0 spiro atoms. The zero-order chi connectivity index (χ0) is 16.0. The molecule has 7 nitrogen and oxygen atoms in total. The average Bonchev–Trinajstić information content (AvgIpc) is 3.05. The Bertz CT molecular complexity index is 705. The van der Waals surface area contributed by atoms with Crippen molar-refractivity contribution in [1.82, 2.24) is 10.2 Å². The summed E-state index contributed by atoms with van der Waals surface area (Å²) in [6, 6.07) is 3.93. The number of rotatable bonds is 4. The van der Waals surface area contributed by atoms with Crippen molar-refractivity contribution in [2.45, 2.75) is 31.5 Å². The number of nitrogens with one attached hydrogen (secondary N) is 2. The smallest absolute Gasteiger partial charge is 0.195 e. The predicted octanol–water partition coefficient (Wildman–Crippen LogP) is 1.80. The first kappa shape index (κ1) is 15.0. The lowest BCUT2D eigenvalue weighted by Gasteiger charge is -2.36. The molecule has 0 fully saturated rings. The molecule has 1 atom stereocenters. The fourth-order valence-corrected chi connectivity index (χ4v) is 3.74. The molecule has 8 heteroatoms. The first-order chi connectivity index (χ1) is 10.3. The van der Waals surface area contributed by atoms with Crippen LogP contribution in [0.5, 0.6) is 0 Å². The van der Waals surface area contributed by atoms with E-state index in [4.69, 9.17) is 16.2 Å². The second-order valence-corrected chi connectivity index (χ2v) is 7.06. The molecule has 0 saturated carbocycles. The van der Waals surface area contributed by atoms with Gasteiger partial charge in [-0.25, -0.2) is 4.99 Å². The molecular weight excluding hydrogens is 300 g/mol. The number of hydrogen-bond acceptors (Lipinski definition) is 7. The Morgan fingerprint density at radius 1 is 1.45 bits per heavy atom. The number of aromatic nitrogens is 2. The van der Waals surface area contributed by atoms with Gasteiger partial charge in [-0.15, -0.1) is 11.3 Å². The fraction of sp³-hybridized carbons (Fsp3) is 0.429. The van der Waals surface area contributed by atoms with Gasteiger partial charge in [-0.2, -0.15) is 5.10 Å². The number of guanidine groups is 1. The Morgan fingerprint density at radius 3 is 2.86 bits per heavy atom. The normalized spacial score (nSPS) is 21.2. The number of anilines is 1. The standard InChI is InChI=1S/C14H20N6OS/c1-13(2,21-3)7-14(16)11-9(18-12(15)19-14)6-10(22-11)8-4-5-17-20-8/h4-6H,7,16H2,1-3H3,(H,17,20)(H3,15,18,19). The maximum Gasteiger partial charge on any atom is 0.195 e. The van der Waals surface area contributed by atoms with Gasteiger partial charge in [0.15, 0.2) is 11.6 Å². The van der Waals surface area contributed by atoms with E-state index < -0.39 is 11.3 Å². The van der Waals surface area contributed by atoms with Crippen LogP contribution in [-0.2, 0) is 10.4 Å². The summed E-state index contributed by atoms with van der Waals surface area (Å²) < 4.78 is 5.51. The van der Waals surface area contributed by atoms with Crippen molar-refractivity contribution < 1.29 is 4.74 Å². The van der Waals surface area contributed by atoms with Gasteiger partial charge in [0.2, 0.25) is 0 Å². The molecule has 1 aliphatic heterocycles. The topological polar surface area (TPSA) is 114 Å². The van der Waals surface area contributed by atoms with Gasteiger partial charge in [0, 0.05) is 19.7 Å².